The molecule has 5 N–H and O–H groups in total. The van der Waals surface area contributed by atoms with Gasteiger partial charge in [0.25, 0.3) is 0 Å². The third kappa shape index (κ3) is 3.08. The molecular formula is C22H18FN7. The number of nitrogens with two attached hydrogens (primary N) is 2. The number of nitrogens with one attached hydrogen (secondary N) is 1. The minimum absolute atomic E-state index is 0.152. The van der Waals surface area contributed by atoms with Gasteiger partial charge in [0, 0.05) is 36.1 Å². The number of imidazole rings is 1. The Morgan fingerprint density at radius 3 is 2.80 bits per heavy atom. The maximum Gasteiger partial charge on any atom is 0.155 e. The van der Waals surface area contributed by atoms with Crippen molar-refractivity contribution in [3.8, 4) is 11.3 Å². The molecule has 0 saturated carbocycles. The van der Waals surface area contributed by atoms with Crippen molar-refractivity contribution in [2.24, 2.45) is 0 Å². The monoisotopic (exact) mass is 399 g/mol. The summed E-state index contributed by atoms with van der Waals surface area (Å²) >= 11 is 0. The van der Waals surface area contributed by atoms with Crippen LogP contribution < -0.4 is 11.5 Å². The van der Waals surface area contributed by atoms with E-state index >= 15 is 4.39 Å². The van der Waals surface area contributed by atoms with Crippen molar-refractivity contribution in [2.75, 3.05) is 11.5 Å². The Morgan fingerprint density at radius 2 is 2.00 bits per heavy atom. The molecule has 148 valence electrons. The summed E-state index contributed by atoms with van der Waals surface area (Å²) in [4.78, 5) is 20.6. The van der Waals surface area contributed by atoms with Crippen LogP contribution in [0.25, 0.3) is 27.9 Å². The summed E-state index contributed by atoms with van der Waals surface area (Å²) in [6.07, 6.45) is 13.5. The van der Waals surface area contributed by atoms with Crippen LogP contribution >= 0.6 is 0 Å². The number of fused-ring (bicyclic) bond motifs is 1. The molecule has 0 aromatic carbocycles. The zero-order chi connectivity index (χ0) is 20.7. The van der Waals surface area contributed by atoms with E-state index in [1.54, 1.807) is 12.3 Å². The van der Waals surface area contributed by atoms with Crippen molar-refractivity contribution in [2.45, 2.75) is 12.8 Å². The van der Waals surface area contributed by atoms with E-state index in [0.717, 1.165) is 28.7 Å². The first-order valence-corrected chi connectivity index (χ1v) is 9.44. The Bertz CT molecular complexity index is 1340. The lowest BCUT2D eigenvalue weighted by Crippen LogP contribution is -2.05. The van der Waals surface area contributed by atoms with Crippen molar-refractivity contribution in [1.82, 2.24) is 24.9 Å². The molecule has 0 amide bonds. The molecule has 1 aliphatic rings. The Balaban J connectivity index is 1.56. The van der Waals surface area contributed by atoms with Crippen LogP contribution in [0.5, 0.6) is 0 Å². The lowest BCUT2D eigenvalue weighted by Gasteiger charge is -2.10. The summed E-state index contributed by atoms with van der Waals surface area (Å²) in [5, 5.41) is 0. The van der Waals surface area contributed by atoms with Crippen molar-refractivity contribution in [3.63, 3.8) is 0 Å². The quantitative estimate of drug-likeness (QED) is 0.482. The molecule has 0 atom stereocenters. The van der Waals surface area contributed by atoms with Crippen LogP contribution in [-0.4, -0.2) is 24.9 Å². The molecule has 4 heterocycles. The van der Waals surface area contributed by atoms with E-state index in [9.17, 15) is 0 Å². The summed E-state index contributed by atoms with van der Waals surface area (Å²) < 4.78 is 15.3. The van der Waals surface area contributed by atoms with Gasteiger partial charge in [0.2, 0.25) is 0 Å². The highest BCUT2D eigenvalue weighted by Crippen LogP contribution is 2.30. The molecule has 4 aromatic rings. The largest absolute Gasteiger partial charge is 0.397 e. The standard InChI is InChI=1S/C22H18FN7/c23-19-15(16(25)11-28-20(19)13-7-14(24)10-26-9-13)8-18-29-17-5-6-27-21(22(17)30-18)12-3-1-2-4-12/h1,3-7,9-11H,2,8,24-25H2,(H,29,30). The van der Waals surface area contributed by atoms with Crippen molar-refractivity contribution in [3.05, 3.63) is 78.0 Å². The van der Waals surface area contributed by atoms with Gasteiger partial charge in [-0.25, -0.2) is 9.37 Å². The first-order chi connectivity index (χ1) is 14.6. The molecule has 1 aliphatic carbocycles. The first-order valence-electron chi connectivity index (χ1n) is 9.44. The number of allylic oxidation sites excluding steroid dienone is 4. The number of hydrogen-bond acceptors (Lipinski definition) is 6. The third-order valence-electron chi connectivity index (χ3n) is 5.03. The van der Waals surface area contributed by atoms with Crippen LogP contribution in [-0.2, 0) is 6.42 Å². The van der Waals surface area contributed by atoms with Crippen LogP contribution in [0.3, 0.4) is 0 Å². The number of aromatic amines is 1. The third-order valence-corrected chi connectivity index (χ3v) is 5.03. The minimum Gasteiger partial charge on any atom is -0.397 e. The first kappa shape index (κ1) is 18.0. The number of rotatable bonds is 4. The minimum atomic E-state index is -0.511. The highest BCUT2D eigenvalue weighted by Gasteiger charge is 2.18. The van der Waals surface area contributed by atoms with E-state index in [1.807, 2.05) is 12.1 Å². The van der Waals surface area contributed by atoms with Gasteiger partial charge in [0.05, 0.1) is 28.8 Å². The number of nitrogen functional groups attached to an aromatic ring is 2. The van der Waals surface area contributed by atoms with E-state index in [2.05, 4.69) is 37.1 Å². The van der Waals surface area contributed by atoms with Gasteiger partial charge < -0.3 is 16.5 Å². The van der Waals surface area contributed by atoms with Gasteiger partial charge in [0.1, 0.15) is 17.0 Å². The van der Waals surface area contributed by atoms with Crippen LogP contribution in [0, 0.1) is 5.82 Å². The molecule has 0 fully saturated rings. The normalized spacial score (nSPS) is 13.2. The Hall–Kier alpha value is -4.07. The predicted octanol–water partition coefficient (Wildman–Crippen LogP) is 3.65. The van der Waals surface area contributed by atoms with Crippen molar-refractivity contribution in [1.29, 1.82) is 0 Å². The predicted molar refractivity (Wildman–Crippen MR) is 115 cm³/mol. The molecule has 4 aromatic heterocycles. The number of nitrogens with zero attached hydrogens (tertiary/aromatic N) is 4. The molecule has 0 aliphatic heterocycles. The molecular weight excluding hydrogens is 381 g/mol. The maximum absolute atomic E-state index is 15.3. The van der Waals surface area contributed by atoms with Gasteiger partial charge in [-0.2, -0.15) is 0 Å². The molecule has 0 bridgehead atoms. The van der Waals surface area contributed by atoms with Gasteiger partial charge in [-0.15, -0.1) is 0 Å². The molecule has 7 nitrogen and oxygen atoms in total. The van der Waals surface area contributed by atoms with Gasteiger partial charge >= 0.3 is 0 Å². The molecule has 0 spiro atoms. The average molecular weight is 399 g/mol. The number of halogens is 1. The zero-order valence-corrected chi connectivity index (χ0v) is 15.9. The van der Waals surface area contributed by atoms with Crippen LogP contribution in [0.1, 0.15) is 23.5 Å². The smallest absolute Gasteiger partial charge is 0.155 e. The fraction of sp³-hybridized carbons (Fsp3) is 0.0909. The number of anilines is 2. The fourth-order valence-corrected chi connectivity index (χ4v) is 3.59. The lowest BCUT2D eigenvalue weighted by atomic mass is 10.1. The molecule has 0 saturated heterocycles. The summed E-state index contributed by atoms with van der Waals surface area (Å²) in [5.41, 5.74) is 16.9. The molecule has 0 unspecified atom stereocenters. The Kier molecular flexibility index (Phi) is 4.24. The second-order valence-electron chi connectivity index (χ2n) is 7.08. The van der Waals surface area contributed by atoms with Crippen molar-refractivity contribution < 1.29 is 4.39 Å². The van der Waals surface area contributed by atoms with Crippen LogP contribution in [0.15, 0.2) is 55.1 Å². The average Bonchev–Trinajstić information content (AvgIpc) is 3.40. The zero-order valence-electron chi connectivity index (χ0n) is 15.9. The highest BCUT2D eigenvalue weighted by atomic mass is 19.1. The lowest BCUT2D eigenvalue weighted by molar-refractivity contribution is 0.611. The van der Waals surface area contributed by atoms with Crippen LogP contribution in [0.2, 0.25) is 0 Å². The second-order valence-corrected chi connectivity index (χ2v) is 7.08. The summed E-state index contributed by atoms with van der Waals surface area (Å²) in [5.74, 6) is 0.0814. The van der Waals surface area contributed by atoms with E-state index < -0.39 is 5.82 Å². The number of aromatic nitrogens is 5. The van der Waals surface area contributed by atoms with Crippen molar-refractivity contribution >= 4 is 28.0 Å². The highest BCUT2D eigenvalue weighted by molar-refractivity contribution is 5.90. The number of H-pyrrole nitrogens is 1. The summed E-state index contributed by atoms with van der Waals surface area (Å²) in [7, 11) is 0. The Labute approximate surface area is 171 Å². The van der Waals surface area contributed by atoms with E-state index in [-0.39, 0.29) is 17.8 Å². The SMILES string of the molecule is Nc1cncc(-c2ncc(N)c(Cc3nc4c(C5=CCC=C5)nccc4[nH]3)c2F)c1. The molecule has 0 radical (unpaired) electrons. The summed E-state index contributed by atoms with van der Waals surface area (Å²) in [6, 6.07) is 3.48. The van der Waals surface area contributed by atoms with E-state index in [1.165, 1.54) is 18.6 Å². The van der Waals surface area contributed by atoms with E-state index in [4.69, 9.17) is 11.5 Å². The Morgan fingerprint density at radius 1 is 1.10 bits per heavy atom. The maximum atomic E-state index is 15.3. The topological polar surface area (TPSA) is 119 Å². The van der Waals surface area contributed by atoms with Gasteiger partial charge in [-0.05, 0) is 24.1 Å². The van der Waals surface area contributed by atoms with Gasteiger partial charge in [-0.3, -0.25) is 15.0 Å². The fourth-order valence-electron chi connectivity index (χ4n) is 3.59. The summed E-state index contributed by atoms with van der Waals surface area (Å²) in [6.45, 7) is 0. The molecule has 5 rings (SSSR count). The van der Waals surface area contributed by atoms with Gasteiger partial charge in [0.15, 0.2) is 5.82 Å². The molecule has 8 heteroatoms. The number of pyridine rings is 3. The second kappa shape index (κ2) is 7.07. The molecule has 30 heavy (non-hydrogen) atoms. The number of hydrogen-bond donors (Lipinski definition) is 3. The van der Waals surface area contributed by atoms with Crippen LogP contribution in [0.4, 0.5) is 15.8 Å². The van der Waals surface area contributed by atoms with Gasteiger partial charge in [-0.1, -0.05) is 18.2 Å². The van der Waals surface area contributed by atoms with E-state index in [0.29, 0.717) is 22.6 Å².